The van der Waals surface area contributed by atoms with Crippen LogP contribution in [0.4, 0.5) is 0 Å². The van der Waals surface area contributed by atoms with Crippen LogP contribution in [0.15, 0.2) is 47.6 Å². The van der Waals surface area contributed by atoms with Gasteiger partial charge in [0, 0.05) is 19.2 Å². The number of allylic oxidation sites excluding steroid dienone is 1. The number of nitrogens with one attached hydrogen (secondary N) is 1. The molecular weight excluding hydrogens is 184 g/mol. The fraction of sp³-hybridized carbons (Fsp3) is 0.308. The van der Waals surface area contributed by atoms with E-state index in [9.17, 15) is 0 Å². The Bertz CT molecular complexity index is 339. The molecule has 2 nitrogen and oxygen atoms in total. The minimum Gasteiger partial charge on any atom is -0.384 e. The predicted octanol–water partition coefficient (Wildman–Crippen LogP) is 2.62. The molecule has 0 aliphatic rings. The van der Waals surface area contributed by atoms with Crippen LogP contribution < -0.4 is 5.32 Å². The van der Waals surface area contributed by atoms with Crippen molar-refractivity contribution < 1.29 is 0 Å². The lowest BCUT2D eigenvalue weighted by Gasteiger charge is -2.11. The number of hydrogen-bond donors (Lipinski definition) is 1. The van der Waals surface area contributed by atoms with Crippen molar-refractivity contribution in [2.24, 2.45) is 4.99 Å². The molecule has 0 aliphatic heterocycles. The standard InChI is InChI=1S/C13H18N2/c1-4-10-15-11(2)13(14-3)12-8-6-5-7-9-12/h5-9,15H,2,4,10H2,1,3H3. The molecule has 2 heteroatoms. The molecule has 0 saturated heterocycles. The zero-order valence-corrected chi connectivity index (χ0v) is 9.46. The molecule has 0 amide bonds. The molecule has 0 atom stereocenters. The second kappa shape index (κ2) is 6.02. The molecule has 0 fully saturated rings. The molecule has 0 aromatic heterocycles. The van der Waals surface area contributed by atoms with Crippen molar-refractivity contribution in [1.29, 1.82) is 0 Å². The van der Waals surface area contributed by atoms with Crippen LogP contribution in [0.5, 0.6) is 0 Å². The highest BCUT2D eigenvalue weighted by atomic mass is 14.9. The Morgan fingerprint density at radius 3 is 2.53 bits per heavy atom. The smallest absolute Gasteiger partial charge is 0.0868 e. The van der Waals surface area contributed by atoms with Gasteiger partial charge in [0.25, 0.3) is 0 Å². The van der Waals surface area contributed by atoms with Crippen LogP contribution in [0.25, 0.3) is 0 Å². The Labute approximate surface area is 91.7 Å². The Hall–Kier alpha value is -1.57. The van der Waals surface area contributed by atoms with Crippen LogP contribution in [0.2, 0.25) is 0 Å². The van der Waals surface area contributed by atoms with Crippen molar-refractivity contribution in [2.75, 3.05) is 13.6 Å². The van der Waals surface area contributed by atoms with Gasteiger partial charge in [-0.3, -0.25) is 4.99 Å². The van der Waals surface area contributed by atoms with Gasteiger partial charge in [0.05, 0.1) is 11.4 Å². The van der Waals surface area contributed by atoms with Crippen molar-refractivity contribution in [3.05, 3.63) is 48.2 Å². The first-order valence-corrected chi connectivity index (χ1v) is 5.25. The van der Waals surface area contributed by atoms with E-state index in [0.717, 1.165) is 29.9 Å². The van der Waals surface area contributed by atoms with Gasteiger partial charge < -0.3 is 5.32 Å². The molecular formula is C13H18N2. The Morgan fingerprint density at radius 2 is 2.00 bits per heavy atom. The summed E-state index contributed by atoms with van der Waals surface area (Å²) in [6, 6.07) is 10.1. The average molecular weight is 202 g/mol. The van der Waals surface area contributed by atoms with Gasteiger partial charge in [-0.15, -0.1) is 0 Å². The van der Waals surface area contributed by atoms with E-state index < -0.39 is 0 Å². The minimum atomic E-state index is 0.894. The highest BCUT2D eigenvalue weighted by Crippen LogP contribution is 2.06. The molecule has 15 heavy (non-hydrogen) atoms. The van der Waals surface area contributed by atoms with Crippen molar-refractivity contribution >= 4 is 5.71 Å². The third-order valence-corrected chi connectivity index (χ3v) is 2.15. The lowest BCUT2D eigenvalue weighted by atomic mass is 10.1. The maximum absolute atomic E-state index is 4.27. The first-order chi connectivity index (χ1) is 7.29. The number of aliphatic imine (C=N–C) groups is 1. The number of nitrogens with zero attached hydrogens (tertiary/aromatic N) is 1. The molecule has 0 saturated carbocycles. The van der Waals surface area contributed by atoms with Crippen molar-refractivity contribution in [3.8, 4) is 0 Å². The maximum atomic E-state index is 4.27. The van der Waals surface area contributed by atoms with E-state index in [-0.39, 0.29) is 0 Å². The molecule has 0 radical (unpaired) electrons. The molecule has 1 aromatic carbocycles. The lowest BCUT2D eigenvalue weighted by molar-refractivity contribution is 0.793. The van der Waals surface area contributed by atoms with Crippen LogP contribution in [-0.2, 0) is 0 Å². The van der Waals surface area contributed by atoms with E-state index in [1.165, 1.54) is 0 Å². The monoisotopic (exact) mass is 202 g/mol. The van der Waals surface area contributed by atoms with Crippen LogP contribution in [-0.4, -0.2) is 19.3 Å². The van der Waals surface area contributed by atoms with Gasteiger partial charge in [0.2, 0.25) is 0 Å². The highest BCUT2D eigenvalue weighted by Gasteiger charge is 2.05. The summed E-state index contributed by atoms with van der Waals surface area (Å²) >= 11 is 0. The van der Waals surface area contributed by atoms with E-state index in [4.69, 9.17) is 0 Å². The van der Waals surface area contributed by atoms with Crippen LogP contribution in [0, 0.1) is 0 Å². The van der Waals surface area contributed by atoms with Gasteiger partial charge in [-0.25, -0.2) is 0 Å². The number of benzene rings is 1. The van der Waals surface area contributed by atoms with Crippen molar-refractivity contribution in [3.63, 3.8) is 0 Å². The molecule has 1 aromatic rings. The first kappa shape index (κ1) is 11.5. The normalized spacial score (nSPS) is 11.2. The molecule has 0 heterocycles. The Kier molecular flexibility index (Phi) is 4.61. The second-order valence-electron chi connectivity index (χ2n) is 3.34. The number of rotatable bonds is 5. The molecule has 0 spiro atoms. The van der Waals surface area contributed by atoms with Crippen LogP contribution in [0.1, 0.15) is 18.9 Å². The van der Waals surface area contributed by atoms with E-state index in [0.29, 0.717) is 0 Å². The summed E-state index contributed by atoms with van der Waals surface area (Å²) in [7, 11) is 1.79. The second-order valence-corrected chi connectivity index (χ2v) is 3.34. The zero-order chi connectivity index (χ0) is 11.1. The topological polar surface area (TPSA) is 24.4 Å². The average Bonchev–Trinajstić information content (AvgIpc) is 2.29. The summed E-state index contributed by atoms with van der Waals surface area (Å²) in [6.45, 7) is 7.06. The fourth-order valence-electron chi connectivity index (χ4n) is 1.39. The molecule has 80 valence electrons. The number of hydrogen-bond acceptors (Lipinski definition) is 2. The minimum absolute atomic E-state index is 0.894. The third-order valence-electron chi connectivity index (χ3n) is 2.15. The zero-order valence-electron chi connectivity index (χ0n) is 9.46. The predicted molar refractivity (Wildman–Crippen MR) is 66.3 cm³/mol. The summed E-state index contributed by atoms with van der Waals surface area (Å²) < 4.78 is 0. The summed E-state index contributed by atoms with van der Waals surface area (Å²) in [6.07, 6.45) is 1.09. The largest absolute Gasteiger partial charge is 0.384 e. The SMILES string of the molecule is C=C(NCCC)C(=NC)c1ccccc1. The summed E-state index contributed by atoms with van der Waals surface area (Å²) in [5.74, 6) is 0. The van der Waals surface area contributed by atoms with Gasteiger partial charge >= 0.3 is 0 Å². The summed E-state index contributed by atoms with van der Waals surface area (Å²) in [5.41, 5.74) is 2.93. The Balaban J connectivity index is 2.78. The van der Waals surface area contributed by atoms with Gasteiger partial charge in [-0.2, -0.15) is 0 Å². The third kappa shape index (κ3) is 3.24. The quantitative estimate of drug-likeness (QED) is 0.729. The summed E-state index contributed by atoms with van der Waals surface area (Å²) in [4.78, 5) is 4.27. The van der Waals surface area contributed by atoms with Gasteiger partial charge in [0.15, 0.2) is 0 Å². The highest BCUT2D eigenvalue weighted by molar-refractivity contribution is 6.11. The molecule has 1 rings (SSSR count). The van der Waals surface area contributed by atoms with Crippen molar-refractivity contribution in [2.45, 2.75) is 13.3 Å². The Morgan fingerprint density at radius 1 is 1.33 bits per heavy atom. The van der Waals surface area contributed by atoms with E-state index in [1.807, 2.05) is 30.3 Å². The molecule has 1 N–H and O–H groups in total. The van der Waals surface area contributed by atoms with Crippen molar-refractivity contribution in [1.82, 2.24) is 5.32 Å². The lowest BCUT2D eigenvalue weighted by Crippen LogP contribution is -2.21. The van der Waals surface area contributed by atoms with E-state index >= 15 is 0 Å². The van der Waals surface area contributed by atoms with Gasteiger partial charge in [-0.05, 0) is 6.42 Å². The fourth-order valence-corrected chi connectivity index (χ4v) is 1.39. The molecule has 0 aliphatic carbocycles. The first-order valence-electron chi connectivity index (χ1n) is 5.25. The van der Waals surface area contributed by atoms with E-state index in [1.54, 1.807) is 7.05 Å². The van der Waals surface area contributed by atoms with Crippen LogP contribution >= 0.6 is 0 Å². The molecule has 0 bridgehead atoms. The van der Waals surface area contributed by atoms with Gasteiger partial charge in [0.1, 0.15) is 0 Å². The maximum Gasteiger partial charge on any atom is 0.0868 e. The van der Waals surface area contributed by atoms with Gasteiger partial charge in [-0.1, -0.05) is 43.8 Å². The van der Waals surface area contributed by atoms with Crippen LogP contribution in [0.3, 0.4) is 0 Å². The summed E-state index contributed by atoms with van der Waals surface area (Å²) in [5, 5.41) is 3.26. The van der Waals surface area contributed by atoms with E-state index in [2.05, 4.69) is 23.8 Å². The molecule has 0 unspecified atom stereocenters.